The van der Waals surface area contributed by atoms with Gasteiger partial charge in [0.05, 0.1) is 0 Å². The van der Waals surface area contributed by atoms with Crippen LogP contribution in [0, 0.1) is 28.6 Å². The summed E-state index contributed by atoms with van der Waals surface area (Å²) in [5, 5.41) is 0. The quantitative estimate of drug-likeness (QED) is 0.497. The van der Waals surface area contributed by atoms with Crippen LogP contribution in [0.25, 0.3) is 0 Å². The Balaban J connectivity index is 1.72. The molecule has 4 aliphatic carbocycles. The van der Waals surface area contributed by atoms with Crippen molar-refractivity contribution in [2.75, 3.05) is 0 Å². The van der Waals surface area contributed by atoms with Gasteiger partial charge in [0.2, 0.25) is 0 Å². The fourth-order valence-corrected chi connectivity index (χ4v) is 7.00. The molecule has 0 aliphatic heterocycles. The van der Waals surface area contributed by atoms with Crippen molar-refractivity contribution in [2.24, 2.45) is 28.6 Å². The van der Waals surface area contributed by atoms with E-state index in [9.17, 15) is 4.79 Å². The lowest BCUT2D eigenvalue weighted by Gasteiger charge is -2.57. The first-order valence-electron chi connectivity index (χ1n) is 9.33. The van der Waals surface area contributed by atoms with Gasteiger partial charge in [-0.2, -0.15) is 0 Å². The maximum absolute atomic E-state index is 11.5. The second-order valence-corrected chi connectivity index (χ2v) is 8.66. The van der Waals surface area contributed by atoms with Gasteiger partial charge in [-0.3, -0.25) is 0 Å². The van der Waals surface area contributed by atoms with Gasteiger partial charge < -0.3 is 4.79 Å². The van der Waals surface area contributed by atoms with Crippen LogP contribution in [0.2, 0.25) is 0 Å². The van der Waals surface area contributed by atoms with Crippen molar-refractivity contribution in [1.82, 2.24) is 0 Å². The Bertz CT molecular complexity index is 464. The fraction of sp³-hybridized carbons (Fsp3) is 0.850. The Morgan fingerprint density at radius 2 is 2.05 bits per heavy atom. The number of rotatable bonds is 2. The van der Waals surface area contributed by atoms with Gasteiger partial charge >= 0.3 is 0 Å². The number of carbonyl (C=O) groups excluding carboxylic acids is 1. The maximum Gasteiger partial charge on any atom is 0.120 e. The van der Waals surface area contributed by atoms with E-state index in [-0.39, 0.29) is 5.41 Å². The van der Waals surface area contributed by atoms with E-state index in [0.717, 1.165) is 24.2 Å². The summed E-state index contributed by atoms with van der Waals surface area (Å²) in [6, 6.07) is 0. The number of allylic oxidation sites excluding steroid dienone is 2. The number of hydrogen-bond acceptors (Lipinski definition) is 1. The predicted octanol–water partition coefficient (Wildman–Crippen LogP) is 5.30. The summed E-state index contributed by atoms with van der Waals surface area (Å²) in [5.41, 5.74) is 2.60. The molecule has 116 valence electrons. The van der Waals surface area contributed by atoms with Gasteiger partial charge in [0.1, 0.15) is 6.29 Å². The number of fused-ring (bicyclic) bond motifs is 5. The third-order valence-corrected chi connectivity index (χ3v) is 7.97. The number of hydrogen-bond donors (Lipinski definition) is 0. The minimum absolute atomic E-state index is 0.285. The first-order chi connectivity index (χ1) is 10.2. The van der Waals surface area contributed by atoms with Gasteiger partial charge in [0.25, 0.3) is 0 Å². The molecule has 0 unspecified atom stereocenters. The van der Waals surface area contributed by atoms with E-state index in [1.54, 1.807) is 5.57 Å². The molecule has 21 heavy (non-hydrogen) atoms. The molecule has 3 fully saturated rings. The zero-order valence-electron chi connectivity index (χ0n) is 13.6. The van der Waals surface area contributed by atoms with Crippen LogP contribution < -0.4 is 0 Å². The summed E-state index contributed by atoms with van der Waals surface area (Å²) in [6.45, 7) is 2.56. The highest BCUT2D eigenvalue weighted by Crippen LogP contribution is 2.65. The van der Waals surface area contributed by atoms with Crippen LogP contribution in [-0.4, -0.2) is 6.29 Å². The highest BCUT2D eigenvalue weighted by Gasteiger charge is 2.56. The summed E-state index contributed by atoms with van der Waals surface area (Å²) >= 11 is 0. The van der Waals surface area contributed by atoms with Gasteiger partial charge in [-0.05, 0) is 74.5 Å². The van der Waals surface area contributed by atoms with Crippen molar-refractivity contribution in [3.05, 3.63) is 11.6 Å². The van der Waals surface area contributed by atoms with Crippen molar-refractivity contribution in [2.45, 2.75) is 77.6 Å². The smallest absolute Gasteiger partial charge is 0.120 e. The second kappa shape index (κ2) is 4.96. The highest BCUT2D eigenvalue weighted by atomic mass is 16.1. The molecule has 0 aromatic carbocycles. The first-order valence-corrected chi connectivity index (χ1v) is 9.33. The summed E-state index contributed by atoms with van der Waals surface area (Å²) in [4.78, 5) is 11.5. The summed E-state index contributed by atoms with van der Waals surface area (Å²) in [7, 11) is 0. The molecular formula is C20H30O. The molecule has 0 aromatic heterocycles. The van der Waals surface area contributed by atoms with Gasteiger partial charge in [0, 0.05) is 11.8 Å². The number of aldehydes is 1. The molecule has 0 spiro atoms. The Hall–Kier alpha value is -0.590. The third-order valence-electron chi connectivity index (χ3n) is 7.97. The van der Waals surface area contributed by atoms with E-state index in [1.165, 1.54) is 70.5 Å². The average Bonchev–Trinajstić information content (AvgIpc) is 2.89. The summed E-state index contributed by atoms with van der Waals surface area (Å²) in [5.74, 6) is 2.65. The molecule has 5 atom stereocenters. The average molecular weight is 286 g/mol. The SMILES string of the molecule is C[C@@]12CCC[C@H]1[C@@H]1CC=C3CCCC[C@]3(CC=O)[C@H]1CC2. The molecule has 0 bridgehead atoms. The first kappa shape index (κ1) is 14.0. The normalized spacial score (nSPS) is 48.8. The maximum atomic E-state index is 11.5. The molecule has 4 rings (SSSR count). The van der Waals surface area contributed by atoms with E-state index >= 15 is 0 Å². The molecule has 0 amide bonds. The lowest BCUT2D eigenvalue weighted by Crippen LogP contribution is -2.49. The van der Waals surface area contributed by atoms with Crippen LogP contribution in [0.3, 0.4) is 0 Å². The van der Waals surface area contributed by atoms with Crippen molar-refractivity contribution < 1.29 is 4.79 Å². The predicted molar refractivity (Wildman–Crippen MR) is 85.9 cm³/mol. The Labute approximate surface area is 129 Å². The Kier molecular flexibility index (Phi) is 3.32. The van der Waals surface area contributed by atoms with Crippen LogP contribution in [0.4, 0.5) is 0 Å². The van der Waals surface area contributed by atoms with E-state index < -0.39 is 0 Å². The van der Waals surface area contributed by atoms with E-state index in [0.29, 0.717) is 5.41 Å². The second-order valence-electron chi connectivity index (χ2n) is 8.66. The van der Waals surface area contributed by atoms with Crippen LogP contribution in [0.5, 0.6) is 0 Å². The van der Waals surface area contributed by atoms with Crippen LogP contribution in [0.15, 0.2) is 11.6 Å². The van der Waals surface area contributed by atoms with Crippen molar-refractivity contribution >= 4 is 6.29 Å². The van der Waals surface area contributed by atoms with E-state index in [1.807, 2.05) is 0 Å². The third kappa shape index (κ3) is 1.92. The lowest BCUT2D eigenvalue weighted by molar-refractivity contribution is -0.112. The molecule has 1 heteroatoms. The van der Waals surface area contributed by atoms with Gasteiger partial charge in [-0.1, -0.05) is 31.4 Å². The van der Waals surface area contributed by atoms with Gasteiger partial charge in [-0.25, -0.2) is 0 Å². The number of carbonyl (C=O) groups is 1. The lowest BCUT2D eigenvalue weighted by atomic mass is 9.47. The van der Waals surface area contributed by atoms with Gasteiger partial charge in [-0.15, -0.1) is 0 Å². The molecule has 0 aromatic rings. The standard InChI is InChI=1S/C20H30O/c1-19-10-4-6-17(19)16-8-7-15-5-2-3-11-20(15,13-14-21)18(16)9-12-19/h7,14,16-18H,2-6,8-13H2,1H3/t16-,17-,18-,19-,20+/m0/s1. The van der Waals surface area contributed by atoms with Gasteiger partial charge in [0.15, 0.2) is 0 Å². The highest BCUT2D eigenvalue weighted by molar-refractivity contribution is 5.53. The molecule has 4 aliphatic rings. The summed E-state index contributed by atoms with van der Waals surface area (Å²) in [6.07, 6.45) is 18.4. The molecule has 1 nitrogen and oxygen atoms in total. The monoisotopic (exact) mass is 286 g/mol. The van der Waals surface area contributed by atoms with Crippen molar-refractivity contribution in [1.29, 1.82) is 0 Å². The molecule has 0 N–H and O–H groups in total. The molecule has 0 heterocycles. The topological polar surface area (TPSA) is 17.1 Å². The van der Waals surface area contributed by atoms with Crippen molar-refractivity contribution in [3.63, 3.8) is 0 Å². The largest absolute Gasteiger partial charge is 0.303 e. The minimum atomic E-state index is 0.285. The fourth-order valence-electron chi connectivity index (χ4n) is 7.00. The van der Waals surface area contributed by atoms with Crippen molar-refractivity contribution in [3.8, 4) is 0 Å². The molecule has 3 saturated carbocycles. The minimum Gasteiger partial charge on any atom is -0.303 e. The summed E-state index contributed by atoms with van der Waals surface area (Å²) < 4.78 is 0. The van der Waals surface area contributed by atoms with Crippen LogP contribution in [0.1, 0.15) is 77.6 Å². The van der Waals surface area contributed by atoms with E-state index in [4.69, 9.17) is 0 Å². The zero-order chi connectivity index (χ0) is 14.5. The Morgan fingerprint density at radius 1 is 1.14 bits per heavy atom. The zero-order valence-corrected chi connectivity index (χ0v) is 13.6. The van der Waals surface area contributed by atoms with Crippen LogP contribution >= 0.6 is 0 Å². The van der Waals surface area contributed by atoms with E-state index in [2.05, 4.69) is 13.0 Å². The molecule has 0 radical (unpaired) electrons. The molecular weight excluding hydrogens is 256 g/mol. The molecule has 0 saturated heterocycles. The Morgan fingerprint density at radius 3 is 2.90 bits per heavy atom. The van der Waals surface area contributed by atoms with Crippen LogP contribution in [-0.2, 0) is 4.79 Å².